The molecule has 0 spiro atoms. The number of nitrogens with zero attached hydrogens (tertiary/aromatic N) is 1. The standard InChI is InChI=1S/C14H21F2N3O.2ClH/c1-14(2,17)13(20)18-8-11(19(3)4)12-9(15)6-5-7-10(12)16;;/h5-7,11H,8,17H2,1-4H3,(H,18,20);2*1H. The van der Waals surface area contributed by atoms with Gasteiger partial charge in [0.2, 0.25) is 5.91 Å². The Balaban J connectivity index is 0. The average Bonchev–Trinajstić information content (AvgIpc) is 2.30. The normalized spacial score (nSPS) is 12.2. The maximum absolute atomic E-state index is 13.8. The number of nitrogens with one attached hydrogen (secondary N) is 1. The van der Waals surface area contributed by atoms with E-state index in [2.05, 4.69) is 5.32 Å². The number of carbonyl (C=O) groups excluding carboxylic acids is 1. The third kappa shape index (κ3) is 6.04. The molecular formula is C14H23Cl2F2N3O. The maximum atomic E-state index is 13.8. The molecule has 0 saturated heterocycles. The first-order valence-electron chi connectivity index (χ1n) is 6.32. The molecule has 0 aliphatic carbocycles. The first-order chi connectivity index (χ1) is 9.14. The van der Waals surface area contributed by atoms with E-state index in [0.717, 1.165) is 0 Å². The largest absolute Gasteiger partial charge is 0.353 e. The highest BCUT2D eigenvalue weighted by Crippen LogP contribution is 2.23. The second-order valence-corrected chi connectivity index (χ2v) is 5.55. The number of amides is 1. The Kier molecular flexibility index (Phi) is 9.80. The second-order valence-electron chi connectivity index (χ2n) is 5.55. The molecule has 0 aliphatic rings. The van der Waals surface area contributed by atoms with E-state index in [1.807, 2.05) is 0 Å². The minimum atomic E-state index is -1.04. The van der Waals surface area contributed by atoms with E-state index in [4.69, 9.17) is 5.73 Å². The molecule has 4 nitrogen and oxygen atoms in total. The molecule has 1 rings (SSSR count). The second kappa shape index (κ2) is 9.25. The number of benzene rings is 1. The molecule has 0 radical (unpaired) electrons. The van der Waals surface area contributed by atoms with E-state index in [-0.39, 0.29) is 42.8 Å². The highest BCUT2D eigenvalue weighted by molar-refractivity contribution is 5.86. The molecule has 22 heavy (non-hydrogen) atoms. The number of rotatable bonds is 5. The van der Waals surface area contributed by atoms with Crippen molar-refractivity contribution in [2.75, 3.05) is 20.6 Å². The Labute approximate surface area is 142 Å². The van der Waals surface area contributed by atoms with E-state index < -0.39 is 23.2 Å². The van der Waals surface area contributed by atoms with Crippen LogP contribution in [0.1, 0.15) is 25.5 Å². The summed E-state index contributed by atoms with van der Waals surface area (Å²) in [7, 11) is 3.38. The van der Waals surface area contributed by atoms with Crippen molar-refractivity contribution in [1.82, 2.24) is 10.2 Å². The smallest absolute Gasteiger partial charge is 0.239 e. The fourth-order valence-electron chi connectivity index (χ4n) is 1.79. The summed E-state index contributed by atoms with van der Waals surface area (Å²) >= 11 is 0. The molecule has 128 valence electrons. The van der Waals surface area contributed by atoms with Gasteiger partial charge in [0, 0.05) is 12.1 Å². The van der Waals surface area contributed by atoms with Crippen LogP contribution in [0.2, 0.25) is 0 Å². The fourth-order valence-corrected chi connectivity index (χ4v) is 1.79. The van der Waals surface area contributed by atoms with Crippen molar-refractivity contribution >= 4 is 30.7 Å². The van der Waals surface area contributed by atoms with Gasteiger partial charge in [0.1, 0.15) is 11.6 Å². The lowest BCUT2D eigenvalue weighted by molar-refractivity contribution is -0.125. The zero-order chi connectivity index (χ0) is 15.5. The van der Waals surface area contributed by atoms with Gasteiger partial charge < -0.3 is 16.0 Å². The molecule has 1 aromatic carbocycles. The summed E-state index contributed by atoms with van der Waals surface area (Å²) in [6.07, 6.45) is 0. The molecule has 0 saturated carbocycles. The van der Waals surface area contributed by atoms with Gasteiger partial charge in [-0.25, -0.2) is 8.78 Å². The number of halogens is 4. The molecule has 1 atom stereocenters. The van der Waals surface area contributed by atoms with E-state index in [0.29, 0.717) is 0 Å². The van der Waals surface area contributed by atoms with Gasteiger partial charge in [0.25, 0.3) is 0 Å². The Hall–Kier alpha value is -0.950. The van der Waals surface area contributed by atoms with Crippen LogP contribution in [0, 0.1) is 11.6 Å². The van der Waals surface area contributed by atoms with Gasteiger partial charge in [0.05, 0.1) is 11.6 Å². The number of carbonyl (C=O) groups is 1. The Bertz CT molecular complexity index is 473. The zero-order valence-corrected chi connectivity index (χ0v) is 14.7. The van der Waals surface area contributed by atoms with Crippen molar-refractivity contribution in [1.29, 1.82) is 0 Å². The molecule has 0 bridgehead atoms. The molecule has 8 heteroatoms. The molecule has 0 heterocycles. The number of likely N-dealkylation sites (N-methyl/N-ethyl adjacent to an activating group) is 1. The fraction of sp³-hybridized carbons (Fsp3) is 0.500. The van der Waals surface area contributed by atoms with Crippen LogP contribution in [-0.4, -0.2) is 37.0 Å². The van der Waals surface area contributed by atoms with Gasteiger partial charge in [-0.15, -0.1) is 24.8 Å². The van der Waals surface area contributed by atoms with Crippen molar-refractivity contribution in [2.45, 2.75) is 25.4 Å². The summed E-state index contributed by atoms with van der Waals surface area (Å²) in [5, 5.41) is 2.62. The van der Waals surface area contributed by atoms with Crippen molar-refractivity contribution in [3.8, 4) is 0 Å². The van der Waals surface area contributed by atoms with E-state index in [1.165, 1.54) is 18.2 Å². The first kappa shape index (κ1) is 23.3. The Morgan fingerprint density at radius 3 is 2.09 bits per heavy atom. The number of hydrogen-bond acceptors (Lipinski definition) is 3. The highest BCUT2D eigenvalue weighted by Gasteiger charge is 2.26. The third-order valence-corrected chi connectivity index (χ3v) is 3.00. The van der Waals surface area contributed by atoms with E-state index in [1.54, 1.807) is 32.8 Å². The molecule has 0 aliphatic heterocycles. The Morgan fingerprint density at radius 1 is 1.27 bits per heavy atom. The summed E-state index contributed by atoms with van der Waals surface area (Å²) in [5.41, 5.74) is 4.57. The molecule has 0 aromatic heterocycles. The van der Waals surface area contributed by atoms with Gasteiger partial charge in [-0.2, -0.15) is 0 Å². The lowest BCUT2D eigenvalue weighted by Gasteiger charge is -2.27. The zero-order valence-electron chi connectivity index (χ0n) is 13.0. The van der Waals surface area contributed by atoms with Crippen molar-refractivity contribution in [3.63, 3.8) is 0 Å². The predicted molar refractivity (Wildman–Crippen MR) is 88.6 cm³/mol. The molecule has 1 aromatic rings. The van der Waals surface area contributed by atoms with Gasteiger partial charge in [-0.05, 0) is 40.1 Å². The number of nitrogens with two attached hydrogens (primary N) is 1. The number of hydrogen-bond donors (Lipinski definition) is 2. The van der Waals surface area contributed by atoms with Crippen LogP contribution in [0.15, 0.2) is 18.2 Å². The third-order valence-electron chi connectivity index (χ3n) is 3.00. The van der Waals surface area contributed by atoms with Crippen molar-refractivity contribution in [2.24, 2.45) is 5.73 Å². The van der Waals surface area contributed by atoms with Gasteiger partial charge >= 0.3 is 0 Å². The molecule has 3 N–H and O–H groups in total. The monoisotopic (exact) mass is 357 g/mol. The summed E-state index contributed by atoms with van der Waals surface area (Å²) in [4.78, 5) is 13.4. The summed E-state index contributed by atoms with van der Waals surface area (Å²) < 4.78 is 27.6. The SMILES string of the molecule is CN(C)C(CNC(=O)C(C)(C)N)c1c(F)cccc1F.Cl.Cl. The lowest BCUT2D eigenvalue weighted by atomic mass is 10.0. The van der Waals surface area contributed by atoms with Crippen molar-refractivity contribution in [3.05, 3.63) is 35.4 Å². The van der Waals surface area contributed by atoms with Crippen molar-refractivity contribution < 1.29 is 13.6 Å². The lowest BCUT2D eigenvalue weighted by Crippen LogP contribution is -2.50. The topological polar surface area (TPSA) is 58.4 Å². The first-order valence-corrected chi connectivity index (χ1v) is 6.32. The van der Waals surface area contributed by atoms with Crippen LogP contribution in [-0.2, 0) is 4.79 Å². The molecule has 0 fully saturated rings. The minimum absolute atomic E-state index is 0. The van der Waals surface area contributed by atoms with Crippen LogP contribution in [0.4, 0.5) is 8.78 Å². The molecule has 1 unspecified atom stereocenters. The Morgan fingerprint density at radius 2 is 1.73 bits per heavy atom. The van der Waals surface area contributed by atoms with E-state index >= 15 is 0 Å². The summed E-state index contributed by atoms with van der Waals surface area (Å²) in [5.74, 6) is -1.64. The molecule has 1 amide bonds. The van der Waals surface area contributed by atoms with E-state index in [9.17, 15) is 13.6 Å². The van der Waals surface area contributed by atoms with Crippen LogP contribution < -0.4 is 11.1 Å². The van der Waals surface area contributed by atoms with Crippen LogP contribution in [0.25, 0.3) is 0 Å². The quantitative estimate of drug-likeness (QED) is 0.849. The van der Waals surface area contributed by atoms with Crippen LogP contribution >= 0.6 is 24.8 Å². The van der Waals surface area contributed by atoms with Crippen LogP contribution in [0.3, 0.4) is 0 Å². The van der Waals surface area contributed by atoms with Gasteiger partial charge in [-0.1, -0.05) is 6.07 Å². The summed E-state index contributed by atoms with van der Waals surface area (Å²) in [6, 6.07) is 3.10. The van der Waals surface area contributed by atoms with Gasteiger partial charge in [-0.3, -0.25) is 4.79 Å². The summed E-state index contributed by atoms with van der Waals surface area (Å²) in [6.45, 7) is 3.21. The minimum Gasteiger partial charge on any atom is -0.353 e. The predicted octanol–water partition coefficient (Wildman–Crippen LogP) is 2.26. The highest BCUT2D eigenvalue weighted by atomic mass is 35.5. The maximum Gasteiger partial charge on any atom is 0.239 e. The average molecular weight is 358 g/mol. The van der Waals surface area contributed by atoms with Gasteiger partial charge in [0.15, 0.2) is 0 Å². The molecular weight excluding hydrogens is 335 g/mol. The van der Waals surface area contributed by atoms with Crippen LogP contribution in [0.5, 0.6) is 0 Å².